The SMILES string of the molecule is CC(=O)NC(=O)C(C)(C)[C@@H](C)NS(=O)(=O)c1ccc(Oc2ccc(C)cc2)cc1. The Bertz CT molecular complexity index is 981. The van der Waals surface area contributed by atoms with Crippen LogP contribution in [0, 0.1) is 12.3 Å². The number of ether oxygens (including phenoxy) is 1. The largest absolute Gasteiger partial charge is 0.457 e. The summed E-state index contributed by atoms with van der Waals surface area (Å²) in [6, 6.07) is 12.7. The van der Waals surface area contributed by atoms with E-state index in [9.17, 15) is 18.0 Å². The standard InChI is InChI=1S/C21H26N2O5S/c1-14-6-8-17(9-7-14)28-18-10-12-19(13-11-18)29(26,27)23-15(2)21(4,5)20(25)22-16(3)24/h6-13,15,23H,1-5H3,(H,22,24,25)/t15-/m1/s1. The summed E-state index contributed by atoms with van der Waals surface area (Å²) >= 11 is 0. The van der Waals surface area contributed by atoms with Gasteiger partial charge in [0.15, 0.2) is 0 Å². The maximum Gasteiger partial charge on any atom is 0.240 e. The van der Waals surface area contributed by atoms with Crippen LogP contribution in [0.3, 0.4) is 0 Å². The molecule has 2 N–H and O–H groups in total. The van der Waals surface area contributed by atoms with Gasteiger partial charge in [-0.25, -0.2) is 13.1 Å². The van der Waals surface area contributed by atoms with Crippen molar-refractivity contribution in [2.24, 2.45) is 5.41 Å². The van der Waals surface area contributed by atoms with Gasteiger partial charge in [-0.2, -0.15) is 0 Å². The Kier molecular flexibility index (Phi) is 6.81. The van der Waals surface area contributed by atoms with E-state index in [1.54, 1.807) is 32.9 Å². The molecule has 0 aromatic heterocycles. The number of aryl methyl sites for hydroxylation is 1. The lowest BCUT2D eigenvalue weighted by molar-refractivity contribution is -0.135. The molecule has 2 amide bonds. The fourth-order valence-corrected chi connectivity index (χ4v) is 3.79. The lowest BCUT2D eigenvalue weighted by atomic mass is 9.85. The number of hydrogen-bond acceptors (Lipinski definition) is 5. The highest BCUT2D eigenvalue weighted by Gasteiger charge is 2.37. The first-order valence-electron chi connectivity index (χ1n) is 9.11. The molecule has 29 heavy (non-hydrogen) atoms. The van der Waals surface area contributed by atoms with Gasteiger partial charge < -0.3 is 4.74 Å². The lowest BCUT2D eigenvalue weighted by Gasteiger charge is -2.30. The van der Waals surface area contributed by atoms with Crippen molar-refractivity contribution in [1.29, 1.82) is 0 Å². The van der Waals surface area contributed by atoms with E-state index in [-0.39, 0.29) is 4.90 Å². The van der Waals surface area contributed by atoms with Crippen molar-refractivity contribution in [3.8, 4) is 11.5 Å². The number of rotatable bonds is 7. The summed E-state index contributed by atoms with van der Waals surface area (Å²) in [6.45, 7) is 7.91. The van der Waals surface area contributed by atoms with Crippen molar-refractivity contribution < 1.29 is 22.7 Å². The van der Waals surface area contributed by atoms with Gasteiger partial charge in [0.1, 0.15) is 11.5 Å². The van der Waals surface area contributed by atoms with Gasteiger partial charge in [0, 0.05) is 13.0 Å². The van der Waals surface area contributed by atoms with E-state index in [2.05, 4.69) is 10.0 Å². The molecular formula is C21H26N2O5S. The van der Waals surface area contributed by atoms with E-state index < -0.39 is 33.3 Å². The van der Waals surface area contributed by atoms with Crippen LogP contribution in [-0.4, -0.2) is 26.3 Å². The number of sulfonamides is 1. The first-order valence-corrected chi connectivity index (χ1v) is 10.6. The second-order valence-electron chi connectivity index (χ2n) is 7.46. The van der Waals surface area contributed by atoms with Gasteiger partial charge >= 0.3 is 0 Å². The van der Waals surface area contributed by atoms with E-state index in [0.29, 0.717) is 11.5 Å². The molecule has 0 aliphatic heterocycles. The molecule has 0 saturated heterocycles. The van der Waals surface area contributed by atoms with Gasteiger partial charge in [-0.05, 0) is 64.1 Å². The number of hydrogen-bond donors (Lipinski definition) is 2. The number of imide groups is 1. The molecule has 0 spiro atoms. The highest BCUT2D eigenvalue weighted by molar-refractivity contribution is 7.89. The quantitative estimate of drug-likeness (QED) is 0.719. The maximum absolute atomic E-state index is 12.7. The number of carbonyl (C=O) groups is 2. The Balaban J connectivity index is 2.11. The minimum Gasteiger partial charge on any atom is -0.457 e. The Morgan fingerprint density at radius 3 is 1.93 bits per heavy atom. The van der Waals surface area contributed by atoms with Crippen molar-refractivity contribution >= 4 is 21.8 Å². The third-order valence-corrected chi connectivity index (χ3v) is 6.24. The molecule has 0 aliphatic rings. The molecular weight excluding hydrogens is 392 g/mol. The van der Waals surface area contributed by atoms with Crippen LogP contribution in [-0.2, 0) is 19.6 Å². The number of carbonyl (C=O) groups excluding carboxylic acids is 2. The van der Waals surface area contributed by atoms with Gasteiger partial charge in [-0.15, -0.1) is 0 Å². The highest BCUT2D eigenvalue weighted by Crippen LogP contribution is 2.25. The lowest BCUT2D eigenvalue weighted by Crippen LogP contribution is -2.51. The second kappa shape index (κ2) is 8.75. The maximum atomic E-state index is 12.7. The molecule has 1 atom stereocenters. The number of nitrogens with one attached hydrogen (secondary N) is 2. The Morgan fingerprint density at radius 2 is 1.45 bits per heavy atom. The predicted octanol–water partition coefficient (Wildman–Crippen LogP) is 3.14. The van der Waals surface area contributed by atoms with Crippen molar-refractivity contribution in [2.75, 3.05) is 0 Å². The van der Waals surface area contributed by atoms with Gasteiger partial charge in [-0.1, -0.05) is 17.7 Å². The van der Waals surface area contributed by atoms with Crippen molar-refractivity contribution in [2.45, 2.75) is 45.6 Å². The number of benzene rings is 2. The van der Waals surface area contributed by atoms with Gasteiger partial charge in [-0.3, -0.25) is 14.9 Å². The summed E-state index contributed by atoms with van der Waals surface area (Å²) in [5.74, 6) is 0.0996. The summed E-state index contributed by atoms with van der Waals surface area (Å²) in [6.07, 6.45) is 0. The van der Waals surface area contributed by atoms with Gasteiger partial charge in [0.2, 0.25) is 21.8 Å². The van der Waals surface area contributed by atoms with Crippen molar-refractivity contribution in [3.05, 3.63) is 54.1 Å². The van der Waals surface area contributed by atoms with Crippen molar-refractivity contribution in [1.82, 2.24) is 10.0 Å². The van der Waals surface area contributed by atoms with E-state index in [4.69, 9.17) is 4.74 Å². The predicted molar refractivity (Wildman–Crippen MR) is 110 cm³/mol. The van der Waals surface area contributed by atoms with Crippen LogP contribution >= 0.6 is 0 Å². The molecule has 0 radical (unpaired) electrons. The smallest absolute Gasteiger partial charge is 0.240 e. The molecule has 0 fully saturated rings. The zero-order valence-electron chi connectivity index (χ0n) is 17.1. The molecule has 2 aromatic rings. The van der Waals surface area contributed by atoms with Crippen LogP contribution in [0.5, 0.6) is 11.5 Å². The molecule has 0 aliphatic carbocycles. The second-order valence-corrected chi connectivity index (χ2v) is 9.18. The van der Waals surface area contributed by atoms with Crippen LogP contribution in [0.1, 0.15) is 33.3 Å². The summed E-state index contributed by atoms with van der Waals surface area (Å²) in [4.78, 5) is 23.4. The molecule has 0 heterocycles. The summed E-state index contributed by atoms with van der Waals surface area (Å²) in [5, 5.41) is 2.19. The fraction of sp³-hybridized carbons (Fsp3) is 0.333. The molecule has 156 valence electrons. The van der Waals surface area contributed by atoms with Crippen LogP contribution in [0.4, 0.5) is 0 Å². The minimum atomic E-state index is -3.87. The fourth-order valence-electron chi connectivity index (χ4n) is 2.39. The monoisotopic (exact) mass is 418 g/mol. The van der Waals surface area contributed by atoms with Crippen molar-refractivity contribution in [3.63, 3.8) is 0 Å². The molecule has 2 rings (SSSR count). The number of amides is 2. The topological polar surface area (TPSA) is 102 Å². The average molecular weight is 419 g/mol. The van der Waals surface area contributed by atoms with Crippen LogP contribution in [0.25, 0.3) is 0 Å². The first kappa shape index (κ1) is 22.6. The van der Waals surface area contributed by atoms with E-state index in [1.807, 2.05) is 31.2 Å². The average Bonchev–Trinajstić information content (AvgIpc) is 2.63. The molecule has 7 nitrogen and oxygen atoms in total. The molecule has 0 unspecified atom stereocenters. The third kappa shape index (κ3) is 5.88. The van der Waals surface area contributed by atoms with Gasteiger partial charge in [0.05, 0.1) is 10.3 Å². The van der Waals surface area contributed by atoms with E-state index >= 15 is 0 Å². The highest BCUT2D eigenvalue weighted by atomic mass is 32.2. The third-order valence-electron chi connectivity index (χ3n) is 4.68. The first-order chi connectivity index (χ1) is 13.4. The molecule has 2 aromatic carbocycles. The zero-order chi connectivity index (χ0) is 21.8. The zero-order valence-corrected chi connectivity index (χ0v) is 18.0. The Morgan fingerprint density at radius 1 is 0.966 bits per heavy atom. The summed E-state index contributed by atoms with van der Waals surface area (Å²) in [7, 11) is -3.87. The minimum absolute atomic E-state index is 0.0448. The molecule has 0 bridgehead atoms. The van der Waals surface area contributed by atoms with Gasteiger partial charge in [0.25, 0.3) is 0 Å². The summed E-state index contributed by atoms with van der Waals surface area (Å²) in [5.41, 5.74) is -0.0216. The molecule has 0 saturated carbocycles. The van der Waals surface area contributed by atoms with Crippen LogP contribution in [0.15, 0.2) is 53.4 Å². The molecule has 8 heteroatoms. The normalized spacial score (nSPS) is 12.9. The Labute approximate surface area is 171 Å². The van der Waals surface area contributed by atoms with E-state index in [0.717, 1.165) is 5.56 Å². The van der Waals surface area contributed by atoms with Crippen LogP contribution in [0.2, 0.25) is 0 Å². The Hall–Kier alpha value is -2.71. The van der Waals surface area contributed by atoms with E-state index in [1.165, 1.54) is 19.1 Å². The van der Waals surface area contributed by atoms with Crippen LogP contribution < -0.4 is 14.8 Å². The summed E-state index contributed by atoms with van der Waals surface area (Å²) < 4.78 is 33.6.